The van der Waals surface area contributed by atoms with Gasteiger partial charge in [0, 0.05) is 19.6 Å². The monoisotopic (exact) mass is 267 g/mol. The minimum Gasteiger partial charge on any atom is -0.378 e. The van der Waals surface area contributed by atoms with E-state index in [9.17, 15) is 0 Å². The number of aromatic nitrogens is 3. The Labute approximate surface area is 111 Å². The number of nitriles is 1. The quantitative estimate of drug-likeness (QED) is 0.762. The molecule has 1 aromatic rings. The highest BCUT2D eigenvalue weighted by Crippen LogP contribution is 2.25. The number of hydrogen-bond acceptors (Lipinski definition) is 6. The molecule has 1 saturated heterocycles. The van der Waals surface area contributed by atoms with Crippen LogP contribution in [0.15, 0.2) is 5.16 Å². The largest absolute Gasteiger partial charge is 0.378 e. The first-order valence-corrected chi connectivity index (χ1v) is 6.96. The maximum atomic E-state index is 8.86. The van der Waals surface area contributed by atoms with Crippen molar-refractivity contribution < 1.29 is 4.74 Å². The molecule has 1 aliphatic heterocycles. The Morgan fingerprint density at radius 1 is 1.44 bits per heavy atom. The van der Waals surface area contributed by atoms with E-state index in [1.807, 2.05) is 6.92 Å². The van der Waals surface area contributed by atoms with E-state index < -0.39 is 0 Å². The lowest BCUT2D eigenvalue weighted by Gasteiger charge is -2.27. The number of hydrogen-bond donors (Lipinski definition) is 0. The molecule has 0 aliphatic carbocycles. The first-order chi connectivity index (χ1) is 8.76. The average molecular weight is 267 g/mol. The molecule has 0 bridgehead atoms. The zero-order valence-electron chi connectivity index (χ0n) is 10.7. The third-order valence-electron chi connectivity index (χ3n) is 2.77. The Morgan fingerprint density at radius 2 is 2.17 bits per heavy atom. The van der Waals surface area contributed by atoms with Gasteiger partial charge in [-0.05, 0) is 13.8 Å². The van der Waals surface area contributed by atoms with Gasteiger partial charge in [0.15, 0.2) is 5.16 Å². The number of anilines is 1. The van der Waals surface area contributed by atoms with Crippen molar-refractivity contribution in [2.24, 2.45) is 0 Å². The Morgan fingerprint density at radius 3 is 2.78 bits per heavy atom. The van der Waals surface area contributed by atoms with Crippen LogP contribution in [0.2, 0.25) is 0 Å². The molecular formula is C11H17N5OS. The molecule has 18 heavy (non-hydrogen) atoms. The number of nitrogens with zero attached hydrogens (tertiary/aromatic N) is 5. The molecule has 0 N–H and O–H groups in total. The summed E-state index contributed by atoms with van der Waals surface area (Å²) in [4.78, 5) is 2.18. The van der Waals surface area contributed by atoms with Gasteiger partial charge in [0.2, 0.25) is 5.95 Å². The summed E-state index contributed by atoms with van der Waals surface area (Å²) in [5, 5.41) is 18.0. The fourth-order valence-electron chi connectivity index (χ4n) is 1.83. The summed E-state index contributed by atoms with van der Waals surface area (Å²) >= 11 is 1.45. The van der Waals surface area contributed by atoms with Crippen LogP contribution in [0.3, 0.4) is 0 Å². The molecule has 1 atom stereocenters. The van der Waals surface area contributed by atoms with Crippen LogP contribution in [-0.2, 0) is 11.3 Å². The van der Waals surface area contributed by atoms with Crippen LogP contribution in [0.5, 0.6) is 0 Å². The van der Waals surface area contributed by atoms with Crippen molar-refractivity contribution in [2.45, 2.75) is 30.8 Å². The van der Waals surface area contributed by atoms with Gasteiger partial charge in [-0.15, -0.1) is 10.2 Å². The standard InChI is InChI=1S/C11H17N5OS/c1-3-16-10(15-4-6-17-7-5-15)13-14-11(16)18-9(2)8-12/h9H,3-7H2,1-2H3. The van der Waals surface area contributed by atoms with Gasteiger partial charge in [0.1, 0.15) is 0 Å². The number of thioether (sulfide) groups is 1. The number of ether oxygens (including phenoxy) is 1. The van der Waals surface area contributed by atoms with E-state index in [1.54, 1.807) is 0 Å². The second kappa shape index (κ2) is 6.07. The molecule has 7 heteroatoms. The summed E-state index contributed by atoms with van der Waals surface area (Å²) in [6, 6.07) is 2.20. The molecule has 1 unspecified atom stereocenters. The molecular weight excluding hydrogens is 250 g/mol. The summed E-state index contributed by atoms with van der Waals surface area (Å²) in [7, 11) is 0. The normalized spacial score (nSPS) is 17.5. The fraction of sp³-hybridized carbons (Fsp3) is 0.727. The summed E-state index contributed by atoms with van der Waals surface area (Å²) in [5.41, 5.74) is 0. The molecule has 2 heterocycles. The van der Waals surface area contributed by atoms with Gasteiger partial charge in [-0.2, -0.15) is 5.26 Å². The van der Waals surface area contributed by atoms with Crippen molar-refractivity contribution in [3.8, 4) is 6.07 Å². The summed E-state index contributed by atoms with van der Waals surface area (Å²) in [6.07, 6.45) is 0. The van der Waals surface area contributed by atoms with E-state index in [2.05, 4.69) is 32.7 Å². The second-order valence-electron chi connectivity index (χ2n) is 4.02. The molecule has 0 saturated carbocycles. The van der Waals surface area contributed by atoms with Crippen molar-refractivity contribution in [2.75, 3.05) is 31.2 Å². The molecule has 0 spiro atoms. The van der Waals surface area contributed by atoms with Crippen LogP contribution in [0.1, 0.15) is 13.8 Å². The lowest BCUT2D eigenvalue weighted by Crippen LogP contribution is -2.38. The van der Waals surface area contributed by atoms with E-state index >= 15 is 0 Å². The summed E-state index contributed by atoms with van der Waals surface area (Å²) in [6.45, 7) is 7.89. The first-order valence-electron chi connectivity index (χ1n) is 6.08. The Kier molecular flexibility index (Phi) is 4.44. The lowest BCUT2D eigenvalue weighted by atomic mass is 10.4. The maximum Gasteiger partial charge on any atom is 0.228 e. The van der Waals surface area contributed by atoms with E-state index in [4.69, 9.17) is 10.00 Å². The van der Waals surface area contributed by atoms with Crippen molar-refractivity contribution in [3.63, 3.8) is 0 Å². The van der Waals surface area contributed by atoms with E-state index in [1.165, 1.54) is 11.8 Å². The lowest BCUT2D eigenvalue weighted by molar-refractivity contribution is 0.121. The maximum absolute atomic E-state index is 8.86. The minimum atomic E-state index is -0.114. The zero-order chi connectivity index (χ0) is 13.0. The van der Waals surface area contributed by atoms with Crippen molar-refractivity contribution in [1.29, 1.82) is 5.26 Å². The second-order valence-corrected chi connectivity index (χ2v) is 5.32. The topological polar surface area (TPSA) is 67.0 Å². The summed E-state index contributed by atoms with van der Waals surface area (Å²) < 4.78 is 7.40. The average Bonchev–Trinajstić information content (AvgIpc) is 2.82. The van der Waals surface area contributed by atoms with Gasteiger partial charge in [-0.1, -0.05) is 11.8 Å². The predicted octanol–water partition coefficient (Wildman–Crippen LogP) is 1.14. The smallest absolute Gasteiger partial charge is 0.228 e. The minimum absolute atomic E-state index is 0.114. The van der Waals surface area contributed by atoms with Crippen molar-refractivity contribution in [3.05, 3.63) is 0 Å². The molecule has 6 nitrogen and oxygen atoms in total. The molecule has 1 fully saturated rings. The van der Waals surface area contributed by atoms with Crippen molar-refractivity contribution in [1.82, 2.24) is 14.8 Å². The third-order valence-corrected chi connectivity index (χ3v) is 3.74. The SMILES string of the molecule is CCn1c(SC(C)C#N)nnc1N1CCOCC1. The number of morpholine rings is 1. The number of rotatable bonds is 4. The molecule has 98 valence electrons. The summed E-state index contributed by atoms with van der Waals surface area (Å²) in [5.74, 6) is 0.883. The van der Waals surface area contributed by atoms with Gasteiger partial charge in [0.05, 0.1) is 24.5 Å². The van der Waals surface area contributed by atoms with E-state index in [-0.39, 0.29) is 5.25 Å². The zero-order valence-corrected chi connectivity index (χ0v) is 11.5. The van der Waals surface area contributed by atoms with Crippen LogP contribution in [-0.4, -0.2) is 46.3 Å². The highest BCUT2D eigenvalue weighted by atomic mass is 32.2. The van der Waals surface area contributed by atoms with Gasteiger partial charge < -0.3 is 9.64 Å². The molecule has 1 aromatic heterocycles. The molecule has 1 aliphatic rings. The third kappa shape index (κ3) is 2.76. The molecule has 0 radical (unpaired) electrons. The van der Waals surface area contributed by atoms with Gasteiger partial charge >= 0.3 is 0 Å². The van der Waals surface area contributed by atoms with Crippen LogP contribution in [0, 0.1) is 11.3 Å². The predicted molar refractivity (Wildman–Crippen MR) is 69.7 cm³/mol. The highest BCUT2D eigenvalue weighted by Gasteiger charge is 2.20. The Bertz CT molecular complexity index is 435. The highest BCUT2D eigenvalue weighted by molar-refractivity contribution is 8.00. The Balaban J connectivity index is 2.18. The van der Waals surface area contributed by atoms with Crippen LogP contribution in [0.4, 0.5) is 5.95 Å². The van der Waals surface area contributed by atoms with Crippen molar-refractivity contribution >= 4 is 17.7 Å². The molecule has 0 amide bonds. The molecule has 2 rings (SSSR count). The van der Waals surface area contributed by atoms with Gasteiger partial charge in [-0.25, -0.2) is 0 Å². The van der Waals surface area contributed by atoms with E-state index in [0.717, 1.165) is 44.0 Å². The van der Waals surface area contributed by atoms with Gasteiger partial charge in [-0.3, -0.25) is 4.57 Å². The van der Waals surface area contributed by atoms with E-state index in [0.29, 0.717) is 0 Å². The fourth-order valence-corrected chi connectivity index (χ4v) is 2.62. The van der Waals surface area contributed by atoms with Crippen LogP contribution < -0.4 is 4.90 Å². The van der Waals surface area contributed by atoms with Crippen LogP contribution in [0.25, 0.3) is 0 Å². The van der Waals surface area contributed by atoms with Gasteiger partial charge in [0.25, 0.3) is 0 Å². The van der Waals surface area contributed by atoms with Crippen LogP contribution >= 0.6 is 11.8 Å². The molecule has 0 aromatic carbocycles. The Hall–Kier alpha value is -1.26. The first kappa shape index (κ1) is 13.2.